The van der Waals surface area contributed by atoms with E-state index in [1.165, 1.54) is 5.56 Å². The molecule has 1 unspecified atom stereocenters. The highest BCUT2D eigenvalue weighted by Gasteiger charge is 2.16. The Morgan fingerprint density at radius 2 is 2.37 bits per heavy atom. The molecule has 0 bridgehead atoms. The minimum atomic E-state index is 0.542. The molecule has 2 rings (SSSR count). The van der Waals surface area contributed by atoms with Crippen LogP contribution >= 0.6 is 15.9 Å². The Balaban J connectivity index is 1.92. The van der Waals surface area contributed by atoms with Gasteiger partial charge in [-0.1, -0.05) is 22.9 Å². The number of ether oxygens (including phenoxy) is 2. The van der Waals surface area contributed by atoms with Gasteiger partial charge in [0.1, 0.15) is 5.75 Å². The number of rotatable bonds is 7. The molecule has 1 aromatic carbocycles. The van der Waals surface area contributed by atoms with Crippen LogP contribution in [0.5, 0.6) is 5.75 Å². The molecule has 0 radical (unpaired) electrons. The lowest BCUT2D eigenvalue weighted by atomic mass is 10.1. The van der Waals surface area contributed by atoms with Crippen molar-refractivity contribution in [1.82, 2.24) is 5.32 Å². The number of hydrogen-bond acceptors (Lipinski definition) is 3. The highest BCUT2D eigenvalue weighted by atomic mass is 79.9. The topological polar surface area (TPSA) is 30.5 Å². The van der Waals surface area contributed by atoms with E-state index in [0.717, 1.165) is 56.0 Å². The van der Waals surface area contributed by atoms with Crippen molar-refractivity contribution in [2.24, 2.45) is 5.92 Å². The van der Waals surface area contributed by atoms with E-state index in [-0.39, 0.29) is 0 Å². The Kier molecular flexibility index (Phi) is 6.14. The number of benzene rings is 1. The maximum absolute atomic E-state index is 5.97. The highest BCUT2D eigenvalue weighted by Crippen LogP contribution is 2.24. The SMILES string of the molecule is CCCNCc1cc(Br)ccc1OCC1CCOC1. The van der Waals surface area contributed by atoms with E-state index in [0.29, 0.717) is 5.92 Å². The third-order valence-corrected chi connectivity index (χ3v) is 3.76. The van der Waals surface area contributed by atoms with E-state index in [1.54, 1.807) is 0 Å². The van der Waals surface area contributed by atoms with Crippen LogP contribution in [0, 0.1) is 5.92 Å². The Bertz CT molecular complexity index is 392. The average molecular weight is 328 g/mol. The van der Waals surface area contributed by atoms with Crippen LogP contribution in [0.4, 0.5) is 0 Å². The molecule has 0 saturated carbocycles. The molecule has 0 amide bonds. The van der Waals surface area contributed by atoms with Crippen LogP contribution in [-0.2, 0) is 11.3 Å². The van der Waals surface area contributed by atoms with Crippen molar-refractivity contribution in [1.29, 1.82) is 0 Å². The summed E-state index contributed by atoms with van der Waals surface area (Å²) in [6.07, 6.45) is 2.25. The molecule has 1 heterocycles. The summed E-state index contributed by atoms with van der Waals surface area (Å²) in [7, 11) is 0. The summed E-state index contributed by atoms with van der Waals surface area (Å²) in [6, 6.07) is 6.20. The van der Waals surface area contributed by atoms with Gasteiger partial charge in [0, 0.05) is 29.1 Å². The van der Waals surface area contributed by atoms with Gasteiger partial charge in [-0.15, -0.1) is 0 Å². The standard InChI is InChI=1S/C15H22BrNO2/c1-2-6-17-9-13-8-14(16)3-4-15(13)19-11-12-5-7-18-10-12/h3-4,8,12,17H,2,5-7,9-11H2,1H3. The predicted octanol–water partition coefficient (Wildman–Crippen LogP) is 3.36. The molecule has 19 heavy (non-hydrogen) atoms. The molecule has 1 aliphatic heterocycles. The van der Waals surface area contributed by atoms with Gasteiger partial charge in [0.15, 0.2) is 0 Å². The summed E-state index contributed by atoms with van der Waals surface area (Å²) >= 11 is 3.52. The smallest absolute Gasteiger partial charge is 0.123 e. The molecule has 1 fully saturated rings. The van der Waals surface area contributed by atoms with Gasteiger partial charge in [0.2, 0.25) is 0 Å². The summed E-state index contributed by atoms with van der Waals surface area (Å²) in [5, 5.41) is 3.42. The average Bonchev–Trinajstić information content (AvgIpc) is 2.91. The molecule has 0 aromatic heterocycles. The van der Waals surface area contributed by atoms with Crippen molar-refractivity contribution in [2.75, 3.05) is 26.4 Å². The van der Waals surface area contributed by atoms with E-state index in [4.69, 9.17) is 9.47 Å². The Morgan fingerprint density at radius 3 is 3.11 bits per heavy atom. The van der Waals surface area contributed by atoms with Crippen molar-refractivity contribution < 1.29 is 9.47 Å². The second-order valence-corrected chi connectivity index (χ2v) is 5.89. The maximum Gasteiger partial charge on any atom is 0.123 e. The summed E-state index contributed by atoms with van der Waals surface area (Å²) in [4.78, 5) is 0. The lowest BCUT2D eigenvalue weighted by Gasteiger charge is -2.15. The van der Waals surface area contributed by atoms with Crippen molar-refractivity contribution in [3.8, 4) is 5.75 Å². The first-order chi connectivity index (χ1) is 9.29. The summed E-state index contributed by atoms with van der Waals surface area (Å²) in [6.45, 7) is 6.51. The first kappa shape index (κ1) is 14.8. The van der Waals surface area contributed by atoms with E-state index in [9.17, 15) is 0 Å². The minimum absolute atomic E-state index is 0.542. The monoisotopic (exact) mass is 327 g/mol. The lowest BCUT2D eigenvalue weighted by molar-refractivity contribution is 0.166. The van der Waals surface area contributed by atoms with Crippen LogP contribution in [-0.4, -0.2) is 26.4 Å². The molecular weight excluding hydrogens is 306 g/mol. The fourth-order valence-electron chi connectivity index (χ4n) is 2.15. The lowest BCUT2D eigenvalue weighted by Crippen LogP contribution is -2.16. The second-order valence-electron chi connectivity index (χ2n) is 4.97. The highest BCUT2D eigenvalue weighted by molar-refractivity contribution is 9.10. The molecule has 106 valence electrons. The van der Waals surface area contributed by atoms with E-state index >= 15 is 0 Å². The summed E-state index contributed by atoms with van der Waals surface area (Å²) in [5.74, 6) is 1.53. The van der Waals surface area contributed by atoms with Gasteiger partial charge in [0.05, 0.1) is 13.2 Å². The van der Waals surface area contributed by atoms with Gasteiger partial charge in [-0.05, 0) is 37.6 Å². The van der Waals surface area contributed by atoms with Gasteiger partial charge in [-0.3, -0.25) is 0 Å². The van der Waals surface area contributed by atoms with Crippen LogP contribution in [0.25, 0.3) is 0 Å². The molecule has 0 aliphatic carbocycles. The molecular formula is C15H22BrNO2. The van der Waals surface area contributed by atoms with E-state index in [2.05, 4.69) is 34.2 Å². The summed E-state index contributed by atoms with van der Waals surface area (Å²) < 4.78 is 12.4. The molecule has 1 aliphatic rings. The zero-order valence-electron chi connectivity index (χ0n) is 11.5. The normalized spacial score (nSPS) is 18.7. The number of nitrogens with one attached hydrogen (secondary N) is 1. The van der Waals surface area contributed by atoms with Gasteiger partial charge in [-0.2, -0.15) is 0 Å². The predicted molar refractivity (Wildman–Crippen MR) is 80.6 cm³/mol. The van der Waals surface area contributed by atoms with Gasteiger partial charge in [-0.25, -0.2) is 0 Å². The fraction of sp³-hybridized carbons (Fsp3) is 0.600. The van der Waals surface area contributed by atoms with Crippen LogP contribution in [0.15, 0.2) is 22.7 Å². The minimum Gasteiger partial charge on any atom is -0.493 e. The van der Waals surface area contributed by atoms with Crippen molar-refractivity contribution in [3.05, 3.63) is 28.2 Å². The van der Waals surface area contributed by atoms with Gasteiger partial charge in [0.25, 0.3) is 0 Å². The van der Waals surface area contributed by atoms with Crippen LogP contribution < -0.4 is 10.1 Å². The van der Waals surface area contributed by atoms with Crippen molar-refractivity contribution in [3.63, 3.8) is 0 Å². The van der Waals surface area contributed by atoms with Crippen molar-refractivity contribution >= 4 is 15.9 Å². The zero-order valence-corrected chi connectivity index (χ0v) is 13.0. The first-order valence-corrected chi connectivity index (χ1v) is 7.78. The quantitative estimate of drug-likeness (QED) is 0.779. The molecule has 4 heteroatoms. The van der Waals surface area contributed by atoms with Crippen molar-refractivity contribution in [2.45, 2.75) is 26.3 Å². The Hall–Kier alpha value is -0.580. The Morgan fingerprint density at radius 1 is 1.47 bits per heavy atom. The van der Waals surface area contributed by atoms with Crippen LogP contribution in [0.1, 0.15) is 25.3 Å². The summed E-state index contributed by atoms with van der Waals surface area (Å²) in [5.41, 5.74) is 1.21. The molecule has 3 nitrogen and oxygen atoms in total. The molecule has 1 atom stereocenters. The number of hydrogen-bond donors (Lipinski definition) is 1. The zero-order chi connectivity index (χ0) is 13.5. The maximum atomic E-state index is 5.97. The van der Waals surface area contributed by atoms with Gasteiger partial charge >= 0.3 is 0 Å². The molecule has 1 aromatic rings. The first-order valence-electron chi connectivity index (χ1n) is 6.99. The van der Waals surface area contributed by atoms with E-state index < -0.39 is 0 Å². The number of halogens is 1. The second kappa shape index (κ2) is 7.88. The van der Waals surface area contributed by atoms with E-state index in [1.807, 2.05) is 12.1 Å². The molecule has 1 N–H and O–H groups in total. The fourth-order valence-corrected chi connectivity index (χ4v) is 2.56. The van der Waals surface area contributed by atoms with Crippen LogP contribution in [0.3, 0.4) is 0 Å². The largest absolute Gasteiger partial charge is 0.493 e. The van der Waals surface area contributed by atoms with Crippen LogP contribution in [0.2, 0.25) is 0 Å². The Labute approximate surface area is 123 Å². The molecule has 0 spiro atoms. The third kappa shape index (κ3) is 4.79. The third-order valence-electron chi connectivity index (χ3n) is 3.26. The molecule has 1 saturated heterocycles. The van der Waals surface area contributed by atoms with Gasteiger partial charge < -0.3 is 14.8 Å².